The number of imidazole rings is 1. The highest BCUT2D eigenvalue weighted by molar-refractivity contribution is 7.14. The molecule has 0 aliphatic heterocycles. The minimum Gasteiger partial charge on any atom is -0.473 e. The maximum Gasteiger partial charge on any atom is 0.450 e. The molecule has 0 saturated heterocycles. The van der Waals surface area contributed by atoms with Crippen molar-refractivity contribution in [3.8, 4) is 17.0 Å². The molecule has 3 N–H and O–H groups in total. The van der Waals surface area contributed by atoms with Gasteiger partial charge in [0.1, 0.15) is 11.1 Å². The van der Waals surface area contributed by atoms with Gasteiger partial charge in [-0.05, 0) is 62.3 Å². The third kappa shape index (κ3) is 5.60. The van der Waals surface area contributed by atoms with E-state index in [-0.39, 0.29) is 29.2 Å². The minimum absolute atomic E-state index is 0.0142. The molecular weight excluding hydrogens is 564 g/mol. The lowest BCUT2D eigenvalue weighted by atomic mass is 9.93. The van der Waals surface area contributed by atoms with Crippen LogP contribution in [0.2, 0.25) is 0 Å². The first-order chi connectivity index (χ1) is 19.6. The summed E-state index contributed by atoms with van der Waals surface area (Å²) in [7, 11) is 0. The van der Waals surface area contributed by atoms with Gasteiger partial charge < -0.3 is 15.8 Å². The number of thiazole rings is 1. The number of halogens is 4. The van der Waals surface area contributed by atoms with E-state index in [9.17, 15) is 27.2 Å². The zero-order chi connectivity index (χ0) is 28.9. The van der Waals surface area contributed by atoms with E-state index in [1.165, 1.54) is 41.9 Å². The molecule has 4 heterocycles. The number of primary amides is 1. The van der Waals surface area contributed by atoms with Gasteiger partial charge in [0.25, 0.3) is 11.8 Å². The normalized spacial score (nSPS) is 19.3. The number of fused-ring (bicyclic) bond motifs is 1. The van der Waals surface area contributed by atoms with Crippen LogP contribution in [0.1, 0.15) is 75.4 Å². The van der Waals surface area contributed by atoms with Gasteiger partial charge in [0, 0.05) is 29.9 Å². The maximum atomic E-state index is 13.9. The second kappa shape index (κ2) is 10.4. The first-order valence-corrected chi connectivity index (χ1v) is 13.9. The number of nitrogens with one attached hydrogen (secondary N) is 1. The number of nitrogens with two attached hydrogens (primary N) is 1. The van der Waals surface area contributed by atoms with Crippen LogP contribution in [0, 0.1) is 5.95 Å². The molecule has 2 amide bonds. The van der Waals surface area contributed by atoms with E-state index in [1.807, 2.05) is 0 Å². The summed E-state index contributed by atoms with van der Waals surface area (Å²) >= 11 is 1.26. The summed E-state index contributed by atoms with van der Waals surface area (Å²) in [5, 5.41) is 3.66. The Morgan fingerprint density at radius 3 is 2.39 bits per heavy atom. The lowest BCUT2D eigenvalue weighted by molar-refractivity contribution is -0.145. The molecule has 4 aromatic heterocycles. The summed E-state index contributed by atoms with van der Waals surface area (Å²) in [6.45, 7) is 0. The fraction of sp³-hybridized carbons (Fsp3) is 0.370. The van der Waals surface area contributed by atoms with E-state index in [1.54, 1.807) is 0 Å². The number of amides is 2. The van der Waals surface area contributed by atoms with Crippen LogP contribution in [0.25, 0.3) is 16.6 Å². The van der Waals surface area contributed by atoms with Gasteiger partial charge >= 0.3 is 6.18 Å². The number of hydrogen-bond donors (Lipinski definition) is 2. The number of aromatic nitrogens is 4. The van der Waals surface area contributed by atoms with E-state index in [2.05, 4.69) is 20.3 Å². The van der Waals surface area contributed by atoms with Crippen molar-refractivity contribution in [2.75, 3.05) is 0 Å². The summed E-state index contributed by atoms with van der Waals surface area (Å²) in [6.07, 6.45) is 1.53. The summed E-state index contributed by atoms with van der Waals surface area (Å²) in [5.41, 5.74) is 5.90. The highest BCUT2D eigenvalue weighted by Gasteiger charge is 2.39. The molecule has 0 aromatic carbocycles. The molecular formula is C27H24F4N6O3S. The Labute approximate surface area is 234 Å². The zero-order valence-electron chi connectivity index (χ0n) is 21.4. The predicted octanol–water partition coefficient (Wildman–Crippen LogP) is 5.11. The monoisotopic (exact) mass is 588 g/mol. The quantitative estimate of drug-likeness (QED) is 0.229. The van der Waals surface area contributed by atoms with Crippen LogP contribution in [0.3, 0.4) is 0 Å². The summed E-state index contributed by atoms with van der Waals surface area (Å²) in [5.74, 6) is -2.66. The van der Waals surface area contributed by atoms with Crippen molar-refractivity contribution in [3.63, 3.8) is 0 Å². The van der Waals surface area contributed by atoms with Gasteiger partial charge in [0.05, 0.1) is 5.52 Å². The number of hydrogen-bond acceptors (Lipinski definition) is 7. The van der Waals surface area contributed by atoms with E-state index >= 15 is 0 Å². The van der Waals surface area contributed by atoms with Crippen LogP contribution in [0.4, 0.5) is 17.6 Å². The number of carbonyl (C=O) groups excluding carboxylic acids is 2. The standard InChI is InChI=1S/C27H24F4N6O3S/c28-19-10-4-14(11-33-19)15-3-9-18-20(35-26(27(29,30)31)37(18)12-15)23(39)34-16-5-7-17(8-6-16)40-24-21(22(32)38)41-25(36-24)13-1-2-13/h3-4,9-13,16-17H,1-2,5-8H2,(H2,32,38)(H,34,39). The fourth-order valence-electron chi connectivity index (χ4n) is 4.97. The Bertz CT molecular complexity index is 1620. The highest BCUT2D eigenvalue weighted by atomic mass is 32.1. The average molecular weight is 589 g/mol. The number of ether oxygens (including phenoxy) is 1. The Hall–Kier alpha value is -4.07. The Kier molecular flexibility index (Phi) is 6.88. The summed E-state index contributed by atoms with van der Waals surface area (Å²) < 4.78 is 61.6. The molecule has 2 aliphatic carbocycles. The van der Waals surface area contributed by atoms with Gasteiger partial charge in [-0.15, -0.1) is 11.3 Å². The second-order valence-electron chi connectivity index (χ2n) is 10.2. The fourth-order valence-corrected chi connectivity index (χ4v) is 5.99. The highest BCUT2D eigenvalue weighted by Crippen LogP contribution is 2.44. The molecule has 9 nitrogen and oxygen atoms in total. The van der Waals surface area contributed by atoms with Crippen molar-refractivity contribution < 1.29 is 31.9 Å². The second-order valence-corrected chi connectivity index (χ2v) is 11.2. The van der Waals surface area contributed by atoms with Crippen LogP contribution < -0.4 is 15.8 Å². The van der Waals surface area contributed by atoms with Gasteiger partial charge in [-0.1, -0.05) is 6.07 Å². The molecule has 6 rings (SSSR count). The van der Waals surface area contributed by atoms with Crippen LogP contribution in [0.5, 0.6) is 5.88 Å². The maximum absolute atomic E-state index is 13.9. The first kappa shape index (κ1) is 27.1. The molecule has 4 aromatic rings. The molecule has 2 aliphatic rings. The van der Waals surface area contributed by atoms with Crippen molar-refractivity contribution in [2.45, 2.75) is 62.8 Å². The molecule has 0 unspecified atom stereocenters. The van der Waals surface area contributed by atoms with E-state index in [0.717, 1.165) is 28.3 Å². The van der Waals surface area contributed by atoms with Crippen molar-refractivity contribution >= 4 is 28.7 Å². The Morgan fingerprint density at radius 1 is 1.02 bits per heavy atom. The van der Waals surface area contributed by atoms with Crippen molar-refractivity contribution in [1.82, 2.24) is 24.7 Å². The van der Waals surface area contributed by atoms with Crippen LogP contribution in [-0.4, -0.2) is 43.3 Å². The van der Waals surface area contributed by atoms with E-state index in [4.69, 9.17) is 10.5 Å². The average Bonchev–Trinajstić information content (AvgIpc) is 3.57. The lowest BCUT2D eigenvalue weighted by Crippen LogP contribution is -2.40. The van der Waals surface area contributed by atoms with Gasteiger partial charge in [0.2, 0.25) is 17.7 Å². The van der Waals surface area contributed by atoms with Gasteiger partial charge in [-0.2, -0.15) is 17.6 Å². The van der Waals surface area contributed by atoms with Gasteiger partial charge in [-0.3, -0.25) is 14.0 Å². The van der Waals surface area contributed by atoms with Gasteiger partial charge in [0.15, 0.2) is 10.6 Å². The summed E-state index contributed by atoms with van der Waals surface area (Å²) in [4.78, 5) is 37.0. The predicted molar refractivity (Wildman–Crippen MR) is 140 cm³/mol. The van der Waals surface area contributed by atoms with Crippen molar-refractivity contribution in [1.29, 1.82) is 0 Å². The third-order valence-electron chi connectivity index (χ3n) is 7.22. The van der Waals surface area contributed by atoms with Crippen molar-refractivity contribution in [3.05, 3.63) is 64.0 Å². The molecule has 2 fully saturated rings. The minimum atomic E-state index is -4.82. The largest absolute Gasteiger partial charge is 0.473 e. The number of rotatable bonds is 7. The molecule has 0 atom stereocenters. The number of nitrogens with zero attached hydrogens (tertiary/aromatic N) is 4. The van der Waals surface area contributed by atoms with E-state index in [0.29, 0.717) is 47.6 Å². The molecule has 214 valence electrons. The Balaban J connectivity index is 1.15. The van der Waals surface area contributed by atoms with E-state index < -0.39 is 29.8 Å². The topological polar surface area (TPSA) is 124 Å². The molecule has 2 saturated carbocycles. The van der Waals surface area contributed by atoms with Crippen molar-refractivity contribution in [2.24, 2.45) is 5.73 Å². The molecule has 41 heavy (non-hydrogen) atoms. The summed E-state index contributed by atoms with van der Waals surface area (Å²) in [6, 6.07) is 5.11. The zero-order valence-corrected chi connectivity index (χ0v) is 22.3. The number of pyridine rings is 2. The Morgan fingerprint density at radius 2 is 1.76 bits per heavy atom. The number of carbonyl (C=O) groups is 2. The van der Waals surface area contributed by atoms with Crippen LogP contribution in [0.15, 0.2) is 36.7 Å². The smallest absolute Gasteiger partial charge is 0.450 e. The number of alkyl halides is 3. The molecule has 0 bridgehead atoms. The SMILES string of the molecule is NC(=O)c1sc(C2CC2)nc1OC1CCC(NC(=O)c2nc(C(F)(F)F)n3cc(-c4ccc(F)nc4)ccc23)CC1. The van der Waals surface area contributed by atoms with Crippen LogP contribution >= 0.6 is 11.3 Å². The molecule has 0 spiro atoms. The van der Waals surface area contributed by atoms with Crippen LogP contribution in [-0.2, 0) is 6.18 Å². The molecule has 0 radical (unpaired) electrons. The van der Waals surface area contributed by atoms with Gasteiger partial charge in [-0.25, -0.2) is 15.0 Å². The molecule has 14 heteroatoms. The third-order valence-corrected chi connectivity index (χ3v) is 8.43. The lowest BCUT2D eigenvalue weighted by Gasteiger charge is -2.29. The first-order valence-electron chi connectivity index (χ1n) is 13.1.